The first-order valence-electron chi connectivity index (χ1n) is 7.02. The van der Waals surface area contributed by atoms with E-state index in [1.165, 1.54) is 0 Å². The summed E-state index contributed by atoms with van der Waals surface area (Å²) in [6.45, 7) is 2.73. The van der Waals surface area contributed by atoms with Crippen molar-refractivity contribution < 1.29 is 14.7 Å². The number of nitrogens with one attached hydrogen (secondary N) is 1. The van der Waals surface area contributed by atoms with E-state index in [1.807, 2.05) is 19.1 Å². The Morgan fingerprint density at radius 1 is 1.38 bits per heavy atom. The van der Waals surface area contributed by atoms with Gasteiger partial charge in [0.25, 0.3) is 0 Å². The number of benzene rings is 1. The molecule has 1 unspecified atom stereocenters. The number of aliphatic carboxylic acids is 1. The van der Waals surface area contributed by atoms with Crippen molar-refractivity contribution in [2.24, 2.45) is 5.41 Å². The molecule has 1 atom stereocenters. The number of halogens is 1. The minimum absolute atomic E-state index is 0.240. The molecule has 2 amide bonds. The number of likely N-dealkylation sites (tertiary alicyclic amines) is 1. The van der Waals surface area contributed by atoms with Crippen molar-refractivity contribution in [3.8, 4) is 0 Å². The summed E-state index contributed by atoms with van der Waals surface area (Å²) < 4.78 is 0.939. The maximum Gasteiger partial charge on any atom is 0.321 e. The molecule has 21 heavy (non-hydrogen) atoms. The highest BCUT2D eigenvalue weighted by Crippen LogP contribution is 2.33. The van der Waals surface area contributed by atoms with Gasteiger partial charge in [-0.1, -0.05) is 22.9 Å². The summed E-state index contributed by atoms with van der Waals surface area (Å²) in [6.07, 6.45) is 1.87. The van der Waals surface area contributed by atoms with Gasteiger partial charge in [-0.05, 0) is 43.5 Å². The van der Waals surface area contributed by atoms with E-state index in [9.17, 15) is 14.7 Å². The van der Waals surface area contributed by atoms with Crippen LogP contribution in [-0.2, 0) is 4.79 Å². The molecule has 0 saturated carbocycles. The number of carboxylic acid groups (broad SMARTS) is 1. The van der Waals surface area contributed by atoms with Crippen LogP contribution in [0.3, 0.4) is 0 Å². The second-order valence-electron chi connectivity index (χ2n) is 5.40. The SMILES string of the molecule is CCC1(C(=O)O)CCCN(C(=O)Nc2ccc(Br)cc2)C1. The van der Waals surface area contributed by atoms with Gasteiger partial charge in [0.1, 0.15) is 0 Å². The second kappa shape index (κ2) is 6.47. The van der Waals surface area contributed by atoms with Crippen molar-refractivity contribution in [1.29, 1.82) is 0 Å². The van der Waals surface area contributed by atoms with Gasteiger partial charge in [-0.3, -0.25) is 4.79 Å². The van der Waals surface area contributed by atoms with E-state index < -0.39 is 11.4 Å². The number of hydrogen-bond donors (Lipinski definition) is 2. The normalized spacial score (nSPS) is 21.9. The molecule has 0 spiro atoms. The molecule has 0 aliphatic carbocycles. The van der Waals surface area contributed by atoms with E-state index >= 15 is 0 Å². The first-order chi connectivity index (χ1) is 9.97. The molecule has 5 nitrogen and oxygen atoms in total. The fourth-order valence-electron chi connectivity index (χ4n) is 2.66. The Hall–Kier alpha value is -1.56. The highest BCUT2D eigenvalue weighted by atomic mass is 79.9. The molecule has 1 aliphatic rings. The number of urea groups is 1. The zero-order chi connectivity index (χ0) is 15.5. The van der Waals surface area contributed by atoms with E-state index in [1.54, 1.807) is 17.0 Å². The van der Waals surface area contributed by atoms with Gasteiger partial charge < -0.3 is 15.3 Å². The number of amides is 2. The van der Waals surface area contributed by atoms with Gasteiger partial charge in [0.05, 0.1) is 5.41 Å². The van der Waals surface area contributed by atoms with Gasteiger partial charge in [0.2, 0.25) is 0 Å². The van der Waals surface area contributed by atoms with Gasteiger partial charge in [-0.15, -0.1) is 0 Å². The quantitative estimate of drug-likeness (QED) is 0.871. The van der Waals surface area contributed by atoms with Crippen LogP contribution in [-0.4, -0.2) is 35.1 Å². The number of carboxylic acids is 1. The van der Waals surface area contributed by atoms with Crippen molar-refractivity contribution in [2.75, 3.05) is 18.4 Å². The molecule has 1 aromatic rings. The lowest BCUT2D eigenvalue weighted by molar-refractivity contribution is -0.152. The van der Waals surface area contributed by atoms with E-state index in [2.05, 4.69) is 21.2 Å². The van der Waals surface area contributed by atoms with Crippen LogP contribution in [0.4, 0.5) is 10.5 Å². The average molecular weight is 355 g/mol. The molecule has 1 aliphatic heterocycles. The Balaban J connectivity index is 2.05. The highest BCUT2D eigenvalue weighted by Gasteiger charge is 2.42. The maximum absolute atomic E-state index is 12.3. The first-order valence-corrected chi connectivity index (χ1v) is 7.81. The standard InChI is InChI=1S/C15H19BrN2O3/c1-2-15(13(19)20)8-3-9-18(10-15)14(21)17-12-6-4-11(16)5-7-12/h4-7H,2-3,8-10H2,1H3,(H,17,21)(H,19,20). The van der Waals surface area contributed by atoms with Gasteiger partial charge >= 0.3 is 12.0 Å². The fraction of sp³-hybridized carbons (Fsp3) is 0.467. The lowest BCUT2D eigenvalue weighted by Crippen LogP contribution is -2.50. The van der Waals surface area contributed by atoms with E-state index in [0.29, 0.717) is 31.5 Å². The molecular formula is C15H19BrN2O3. The third-order valence-corrected chi connectivity index (χ3v) is 4.62. The fourth-order valence-corrected chi connectivity index (χ4v) is 2.92. The summed E-state index contributed by atoms with van der Waals surface area (Å²) in [5.74, 6) is -0.814. The Morgan fingerprint density at radius 2 is 2.05 bits per heavy atom. The molecule has 1 aromatic carbocycles. The topological polar surface area (TPSA) is 69.6 Å². The highest BCUT2D eigenvalue weighted by molar-refractivity contribution is 9.10. The zero-order valence-electron chi connectivity index (χ0n) is 11.9. The zero-order valence-corrected chi connectivity index (χ0v) is 13.5. The molecule has 2 rings (SSSR count). The monoisotopic (exact) mass is 354 g/mol. The van der Waals surface area contributed by atoms with Crippen LogP contribution in [0.1, 0.15) is 26.2 Å². The smallest absolute Gasteiger partial charge is 0.321 e. The Morgan fingerprint density at radius 3 is 2.62 bits per heavy atom. The molecule has 0 aromatic heterocycles. The summed E-state index contributed by atoms with van der Waals surface area (Å²) in [7, 11) is 0. The number of hydrogen-bond acceptors (Lipinski definition) is 2. The number of anilines is 1. The van der Waals surface area contributed by atoms with Crippen LogP contribution >= 0.6 is 15.9 Å². The third kappa shape index (κ3) is 3.56. The predicted molar refractivity (Wildman–Crippen MR) is 84.3 cm³/mol. The van der Waals surface area contributed by atoms with Crippen molar-refractivity contribution >= 4 is 33.6 Å². The molecule has 114 valence electrons. The van der Waals surface area contributed by atoms with Crippen LogP contribution in [0.25, 0.3) is 0 Å². The van der Waals surface area contributed by atoms with Crippen LogP contribution in [0.5, 0.6) is 0 Å². The molecule has 2 N–H and O–H groups in total. The number of rotatable bonds is 3. The summed E-state index contributed by atoms with van der Waals surface area (Å²) in [5, 5.41) is 12.3. The van der Waals surface area contributed by atoms with Gasteiger partial charge in [-0.25, -0.2) is 4.79 Å². The molecule has 0 radical (unpaired) electrons. The number of piperidine rings is 1. The van der Waals surface area contributed by atoms with Crippen LogP contribution in [0, 0.1) is 5.41 Å². The van der Waals surface area contributed by atoms with E-state index in [4.69, 9.17) is 0 Å². The molecule has 0 bridgehead atoms. The van der Waals surface area contributed by atoms with Crippen molar-refractivity contribution in [1.82, 2.24) is 4.90 Å². The predicted octanol–water partition coefficient (Wildman–Crippen LogP) is 3.56. The lowest BCUT2D eigenvalue weighted by atomic mass is 9.78. The van der Waals surface area contributed by atoms with Gasteiger partial charge in [0.15, 0.2) is 0 Å². The largest absolute Gasteiger partial charge is 0.481 e. The summed E-state index contributed by atoms with van der Waals surface area (Å²) in [5.41, 5.74) is -0.110. The van der Waals surface area contributed by atoms with Crippen LogP contribution < -0.4 is 5.32 Å². The molecule has 1 saturated heterocycles. The summed E-state index contributed by atoms with van der Waals surface area (Å²) >= 11 is 3.34. The minimum Gasteiger partial charge on any atom is -0.481 e. The first kappa shape index (κ1) is 15.8. The minimum atomic E-state index is -0.814. The van der Waals surface area contributed by atoms with Crippen LogP contribution in [0.2, 0.25) is 0 Å². The lowest BCUT2D eigenvalue weighted by Gasteiger charge is -2.39. The van der Waals surface area contributed by atoms with Crippen molar-refractivity contribution in [3.63, 3.8) is 0 Å². The second-order valence-corrected chi connectivity index (χ2v) is 6.32. The molecular weight excluding hydrogens is 336 g/mol. The molecule has 1 heterocycles. The molecule has 1 fully saturated rings. The van der Waals surface area contributed by atoms with E-state index in [0.717, 1.165) is 4.47 Å². The Labute approximate surface area is 132 Å². The van der Waals surface area contributed by atoms with Crippen LogP contribution in [0.15, 0.2) is 28.7 Å². The Kier molecular flexibility index (Phi) is 4.88. The van der Waals surface area contributed by atoms with Crippen molar-refractivity contribution in [3.05, 3.63) is 28.7 Å². The third-order valence-electron chi connectivity index (χ3n) is 4.09. The number of carbonyl (C=O) groups excluding carboxylic acids is 1. The summed E-state index contributed by atoms with van der Waals surface area (Å²) in [4.78, 5) is 25.4. The van der Waals surface area contributed by atoms with Crippen molar-refractivity contribution in [2.45, 2.75) is 26.2 Å². The number of nitrogens with zero attached hydrogens (tertiary/aromatic N) is 1. The average Bonchev–Trinajstić information content (AvgIpc) is 2.49. The Bertz CT molecular complexity index is 532. The molecule has 6 heteroatoms. The number of carbonyl (C=O) groups is 2. The van der Waals surface area contributed by atoms with Gasteiger partial charge in [0, 0.05) is 23.2 Å². The van der Waals surface area contributed by atoms with E-state index in [-0.39, 0.29) is 12.6 Å². The van der Waals surface area contributed by atoms with Gasteiger partial charge in [-0.2, -0.15) is 0 Å². The maximum atomic E-state index is 12.3. The summed E-state index contributed by atoms with van der Waals surface area (Å²) in [6, 6.07) is 7.06.